The molecule has 2 aromatic carbocycles. The first kappa shape index (κ1) is 27.7. The number of halogens is 2. The number of sulfonamides is 1. The molecule has 0 unspecified atom stereocenters. The summed E-state index contributed by atoms with van der Waals surface area (Å²) in [7, 11) is -3.76. The van der Waals surface area contributed by atoms with Crippen LogP contribution in [0.25, 0.3) is 0 Å². The van der Waals surface area contributed by atoms with E-state index in [2.05, 4.69) is 14.6 Å². The number of rotatable bonds is 7. The van der Waals surface area contributed by atoms with E-state index in [0.717, 1.165) is 24.3 Å². The van der Waals surface area contributed by atoms with E-state index < -0.39 is 21.9 Å². The van der Waals surface area contributed by atoms with E-state index in [4.69, 9.17) is 5.73 Å². The average Bonchev–Trinajstić information content (AvgIpc) is 2.74. The average molecular weight is 501 g/mol. The van der Waals surface area contributed by atoms with Gasteiger partial charge in [-0.3, -0.25) is 10.1 Å². The number of carbonyl (C=O) groups excluding carboxylic acids is 1. The predicted molar refractivity (Wildman–Crippen MR) is 135 cm³/mol. The maximum atomic E-state index is 12.3. The van der Waals surface area contributed by atoms with Crippen LogP contribution in [0.2, 0.25) is 0 Å². The molecule has 7 nitrogen and oxygen atoms in total. The number of nitrogens with one attached hydrogen (secondary N) is 1. The van der Waals surface area contributed by atoms with Crippen molar-refractivity contribution < 1.29 is 13.2 Å². The van der Waals surface area contributed by atoms with Gasteiger partial charge >= 0.3 is 0 Å². The standard InChI is InChI=1S/C22H28N4O3S.2ClH/c23-22(25-30(28,29)17-7-10-18-8-3-1-4-9-18)24-21(27)19-11-13-20(14-12-19)26-15-5-2-6-16-26;;/h1,3-4,8-9,11-14H,2,5-7,10,15-17H2,(H3,23,24,25,27);2*1H. The second kappa shape index (κ2) is 13.3. The molecular formula is C22H30Cl2N4O3S. The van der Waals surface area contributed by atoms with Crippen LogP contribution in [0.4, 0.5) is 5.69 Å². The fraction of sp³-hybridized carbons (Fsp3) is 0.364. The number of hydrogen-bond acceptors (Lipinski definition) is 4. The van der Waals surface area contributed by atoms with E-state index in [1.807, 2.05) is 42.5 Å². The van der Waals surface area contributed by atoms with Gasteiger partial charge in [0.15, 0.2) is 0 Å². The fourth-order valence-electron chi connectivity index (χ4n) is 3.49. The van der Waals surface area contributed by atoms with Gasteiger partial charge in [-0.25, -0.2) is 8.42 Å². The summed E-state index contributed by atoms with van der Waals surface area (Å²) in [5, 5.41) is 2.36. The molecule has 0 bridgehead atoms. The number of guanidine groups is 1. The van der Waals surface area contributed by atoms with Gasteiger partial charge in [-0.1, -0.05) is 30.3 Å². The number of nitrogens with zero attached hydrogens (tertiary/aromatic N) is 2. The highest BCUT2D eigenvalue weighted by molar-refractivity contribution is 7.90. The Bertz CT molecular complexity index is 978. The predicted octanol–water partition coefficient (Wildman–Crippen LogP) is 3.53. The number of hydrogen-bond donors (Lipinski definition) is 2. The first-order chi connectivity index (χ1) is 14.4. The number of carbonyl (C=O) groups is 1. The summed E-state index contributed by atoms with van der Waals surface area (Å²) in [6.07, 6.45) is 4.66. The number of benzene rings is 2. The molecule has 1 fully saturated rings. The Balaban J connectivity index is 0.00000256. The lowest BCUT2D eigenvalue weighted by Crippen LogP contribution is -2.37. The maximum Gasteiger partial charge on any atom is 0.257 e. The molecule has 0 saturated carbocycles. The van der Waals surface area contributed by atoms with Crippen LogP contribution < -0.4 is 16.0 Å². The van der Waals surface area contributed by atoms with Gasteiger partial charge in [0, 0.05) is 24.3 Å². The quantitative estimate of drug-likeness (QED) is 0.446. The van der Waals surface area contributed by atoms with E-state index >= 15 is 0 Å². The van der Waals surface area contributed by atoms with Gasteiger partial charge in [0.25, 0.3) is 15.9 Å². The highest BCUT2D eigenvalue weighted by Crippen LogP contribution is 2.20. The number of piperidine rings is 1. The van der Waals surface area contributed by atoms with Crippen LogP contribution >= 0.6 is 24.8 Å². The van der Waals surface area contributed by atoms with Gasteiger partial charge in [0.2, 0.25) is 5.96 Å². The van der Waals surface area contributed by atoms with Crippen LogP contribution in [-0.2, 0) is 16.4 Å². The van der Waals surface area contributed by atoms with Crippen LogP contribution in [0.3, 0.4) is 0 Å². The number of nitrogens with two attached hydrogens (primary N) is 1. The monoisotopic (exact) mass is 500 g/mol. The van der Waals surface area contributed by atoms with E-state index in [9.17, 15) is 13.2 Å². The van der Waals surface area contributed by atoms with E-state index in [1.54, 1.807) is 12.1 Å². The van der Waals surface area contributed by atoms with Crippen molar-refractivity contribution >= 4 is 52.4 Å². The Morgan fingerprint density at radius 1 is 0.969 bits per heavy atom. The fourth-order valence-corrected chi connectivity index (χ4v) is 4.43. The summed E-state index contributed by atoms with van der Waals surface area (Å²) < 4.78 is 27.8. The van der Waals surface area contributed by atoms with Gasteiger partial charge in [-0.15, -0.1) is 29.2 Å². The third-order valence-electron chi connectivity index (χ3n) is 5.04. The Morgan fingerprint density at radius 2 is 1.59 bits per heavy atom. The molecule has 3 N–H and O–H groups in total. The van der Waals surface area contributed by atoms with Crippen molar-refractivity contribution in [1.29, 1.82) is 0 Å². The van der Waals surface area contributed by atoms with Crippen molar-refractivity contribution in [2.24, 2.45) is 10.1 Å². The highest BCUT2D eigenvalue weighted by Gasteiger charge is 2.14. The van der Waals surface area contributed by atoms with Crippen LogP contribution in [-0.4, -0.2) is 39.1 Å². The highest BCUT2D eigenvalue weighted by atomic mass is 35.5. The van der Waals surface area contributed by atoms with Crippen LogP contribution in [0.1, 0.15) is 41.6 Å². The third kappa shape index (κ3) is 8.68. The van der Waals surface area contributed by atoms with Crippen molar-refractivity contribution in [2.45, 2.75) is 32.1 Å². The Morgan fingerprint density at radius 3 is 2.22 bits per heavy atom. The molecule has 1 amide bonds. The van der Waals surface area contributed by atoms with E-state index in [1.165, 1.54) is 19.3 Å². The Labute approximate surface area is 202 Å². The van der Waals surface area contributed by atoms with E-state index in [-0.39, 0.29) is 30.6 Å². The molecule has 176 valence electrons. The molecule has 1 aliphatic heterocycles. The molecule has 10 heteroatoms. The summed E-state index contributed by atoms with van der Waals surface area (Å²) in [5.41, 5.74) is 8.20. The summed E-state index contributed by atoms with van der Waals surface area (Å²) in [6.45, 7) is 2.04. The number of amides is 1. The molecule has 0 aliphatic carbocycles. The minimum Gasteiger partial charge on any atom is -0.372 e. The molecule has 1 saturated heterocycles. The van der Waals surface area contributed by atoms with Gasteiger partial charge in [-0.05, 0) is 61.9 Å². The molecule has 0 aromatic heterocycles. The lowest BCUT2D eigenvalue weighted by Gasteiger charge is -2.28. The van der Waals surface area contributed by atoms with Gasteiger partial charge < -0.3 is 10.6 Å². The molecule has 2 aromatic rings. The zero-order chi connectivity index (χ0) is 21.4. The first-order valence-corrected chi connectivity index (χ1v) is 11.8. The molecule has 1 heterocycles. The molecule has 0 radical (unpaired) electrons. The minimum absolute atomic E-state index is 0. The van der Waals surface area contributed by atoms with Gasteiger partial charge in [-0.2, -0.15) is 0 Å². The summed E-state index contributed by atoms with van der Waals surface area (Å²) in [4.78, 5) is 14.6. The van der Waals surface area contributed by atoms with Gasteiger partial charge in [0.05, 0.1) is 5.75 Å². The summed E-state index contributed by atoms with van der Waals surface area (Å²) >= 11 is 0. The van der Waals surface area contributed by atoms with Crippen molar-refractivity contribution in [3.8, 4) is 0 Å². The smallest absolute Gasteiger partial charge is 0.257 e. The normalized spacial score (nSPS) is 14.1. The molecule has 32 heavy (non-hydrogen) atoms. The third-order valence-corrected chi connectivity index (χ3v) is 6.32. The van der Waals surface area contributed by atoms with Crippen LogP contribution in [0, 0.1) is 0 Å². The van der Waals surface area contributed by atoms with Crippen LogP contribution in [0.15, 0.2) is 59.0 Å². The maximum absolute atomic E-state index is 12.3. The minimum atomic E-state index is -3.76. The largest absolute Gasteiger partial charge is 0.372 e. The lowest BCUT2D eigenvalue weighted by molar-refractivity contribution is 0.0977. The zero-order valence-electron chi connectivity index (χ0n) is 17.8. The Kier molecular flexibility index (Phi) is 11.5. The molecule has 0 atom stereocenters. The van der Waals surface area contributed by atoms with Crippen molar-refractivity contribution in [1.82, 2.24) is 5.32 Å². The van der Waals surface area contributed by atoms with Gasteiger partial charge in [0.1, 0.15) is 0 Å². The van der Waals surface area contributed by atoms with E-state index in [0.29, 0.717) is 18.4 Å². The summed E-state index contributed by atoms with van der Waals surface area (Å²) in [5.74, 6) is -1.04. The first-order valence-electron chi connectivity index (χ1n) is 10.2. The van der Waals surface area contributed by atoms with Crippen molar-refractivity contribution in [3.63, 3.8) is 0 Å². The molecule has 0 spiro atoms. The summed E-state index contributed by atoms with van der Waals surface area (Å²) in [6, 6.07) is 16.8. The lowest BCUT2D eigenvalue weighted by atomic mass is 10.1. The zero-order valence-corrected chi connectivity index (χ0v) is 20.2. The SMILES string of the molecule is Cl.Cl.N/C(=N/S(=O)(=O)CCCc1ccccc1)NC(=O)c1ccc(N2CCCCC2)cc1. The Hall–Kier alpha value is -2.29. The van der Waals surface area contributed by atoms with Crippen molar-refractivity contribution in [2.75, 3.05) is 23.7 Å². The van der Waals surface area contributed by atoms with Crippen molar-refractivity contribution in [3.05, 3.63) is 65.7 Å². The van der Waals surface area contributed by atoms with Crippen LogP contribution in [0.5, 0.6) is 0 Å². The topological polar surface area (TPSA) is 105 Å². The molecule has 3 rings (SSSR count). The number of aryl methyl sites for hydroxylation is 1. The molecule has 1 aliphatic rings. The molecular weight excluding hydrogens is 471 g/mol. The second-order valence-corrected chi connectivity index (χ2v) is 9.16. The second-order valence-electron chi connectivity index (χ2n) is 7.40. The number of anilines is 1.